The average Bonchev–Trinajstić information content (AvgIpc) is 2.70. The van der Waals surface area contributed by atoms with E-state index in [1.165, 1.54) is 19.3 Å². The van der Waals surface area contributed by atoms with Crippen molar-refractivity contribution in [3.63, 3.8) is 0 Å². The predicted molar refractivity (Wildman–Crippen MR) is 136 cm³/mol. The van der Waals surface area contributed by atoms with Crippen molar-refractivity contribution in [2.75, 3.05) is 24.7 Å². The van der Waals surface area contributed by atoms with Gasteiger partial charge in [-0.3, -0.25) is 4.79 Å². The van der Waals surface area contributed by atoms with Gasteiger partial charge in [0.25, 0.3) is 5.91 Å². The van der Waals surface area contributed by atoms with Gasteiger partial charge in [0.2, 0.25) is 10.0 Å². The first-order chi connectivity index (χ1) is 16.3. The molecule has 5 fully saturated rings. The minimum atomic E-state index is -3.24. The van der Waals surface area contributed by atoms with Gasteiger partial charge < -0.3 is 15.5 Å². The molecule has 8 nitrogen and oxygen atoms in total. The predicted octanol–water partition coefficient (Wildman–Crippen LogP) is 3.71. The molecule has 6 rings (SSSR count). The van der Waals surface area contributed by atoms with Crippen molar-refractivity contribution in [1.29, 1.82) is 0 Å². The fourth-order valence-corrected chi connectivity index (χ4v) is 9.21. The summed E-state index contributed by atoms with van der Waals surface area (Å²) in [6.07, 6.45) is 9.39. The number of carbonyl (C=O) groups excluding carboxylic acids is 2. The third kappa shape index (κ3) is 5.35. The number of rotatable bonds is 5. The van der Waals surface area contributed by atoms with E-state index in [0.29, 0.717) is 53.9 Å². The molecule has 1 saturated heterocycles. The molecular formula is C26H38N4O4S. The van der Waals surface area contributed by atoms with Gasteiger partial charge in [-0.1, -0.05) is 13.8 Å². The van der Waals surface area contributed by atoms with Crippen LogP contribution in [-0.2, 0) is 10.0 Å². The number of piperidine rings is 1. The normalized spacial score (nSPS) is 34.6. The Morgan fingerprint density at radius 3 is 2.09 bits per heavy atom. The molecule has 1 aliphatic heterocycles. The molecule has 4 bridgehead atoms. The van der Waals surface area contributed by atoms with Crippen LogP contribution in [0.15, 0.2) is 24.3 Å². The van der Waals surface area contributed by atoms with E-state index in [2.05, 4.69) is 29.2 Å². The topological polar surface area (TPSA) is 108 Å². The summed E-state index contributed by atoms with van der Waals surface area (Å²) in [5, 5.41) is 6.33. The molecule has 1 aromatic carbocycles. The van der Waals surface area contributed by atoms with Gasteiger partial charge in [0.05, 0.1) is 6.26 Å². The van der Waals surface area contributed by atoms with Gasteiger partial charge in [0.1, 0.15) is 0 Å². The number of hydrogen-bond donors (Lipinski definition) is 3. The zero-order chi connectivity index (χ0) is 25.1. The molecule has 2 atom stereocenters. The average molecular weight is 503 g/mol. The van der Waals surface area contributed by atoms with E-state index < -0.39 is 10.0 Å². The number of nitrogens with one attached hydrogen (secondary N) is 3. The summed E-state index contributed by atoms with van der Waals surface area (Å²) in [5.74, 6) is 0.632. The highest BCUT2D eigenvalue weighted by atomic mass is 32.2. The van der Waals surface area contributed by atoms with E-state index in [-0.39, 0.29) is 23.5 Å². The molecular weight excluding hydrogens is 464 g/mol. The zero-order valence-electron chi connectivity index (χ0n) is 21.0. The van der Waals surface area contributed by atoms with E-state index in [1.54, 1.807) is 29.2 Å². The van der Waals surface area contributed by atoms with E-state index in [1.807, 2.05) is 0 Å². The summed E-state index contributed by atoms with van der Waals surface area (Å²) in [7, 11) is -3.24. The molecule has 0 aromatic heterocycles. The maximum absolute atomic E-state index is 13.0. The quantitative estimate of drug-likeness (QED) is 0.570. The lowest BCUT2D eigenvalue weighted by atomic mass is 9.43. The number of benzene rings is 1. The standard InChI is InChI=1S/C26H38N4O4S/c1-24-12-18-13-25(2,15-24)17-26(14-18,16-24)28-23(32)27-20-6-4-19(5-7-20)22(31)30-10-8-21(9-11-30)29-35(3,33)34/h4-7,18,21,29H,8-17H2,1-3H3,(H2,27,28,32). The minimum absolute atomic E-state index is 0.0751. The molecule has 192 valence electrons. The summed E-state index contributed by atoms with van der Waals surface area (Å²) in [6, 6.07) is 6.73. The molecule has 4 aliphatic carbocycles. The van der Waals surface area contributed by atoms with Crippen molar-refractivity contribution in [2.24, 2.45) is 16.7 Å². The molecule has 3 N–H and O–H groups in total. The van der Waals surface area contributed by atoms with Crippen LogP contribution in [0.4, 0.5) is 10.5 Å². The number of carbonyl (C=O) groups is 2. The molecule has 2 unspecified atom stereocenters. The summed E-state index contributed by atoms with van der Waals surface area (Å²) < 4.78 is 25.5. The van der Waals surface area contributed by atoms with Crippen LogP contribution >= 0.6 is 0 Å². The van der Waals surface area contributed by atoms with Gasteiger partial charge in [-0.15, -0.1) is 0 Å². The Morgan fingerprint density at radius 1 is 0.943 bits per heavy atom. The molecule has 0 radical (unpaired) electrons. The summed E-state index contributed by atoms with van der Waals surface area (Å²) in [6.45, 7) is 5.81. The zero-order valence-corrected chi connectivity index (χ0v) is 21.8. The number of sulfonamides is 1. The van der Waals surface area contributed by atoms with Crippen molar-refractivity contribution >= 4 is 27.6 Å². The Bertz CT molecular complexity index is 1090. The van der Waals surface area contributed by atoms with E-state index in [9.17, 15) is 18.0 Å². The van der Waals surface area contributed by atoms with Gasteiger partial charge in [-0.05, 0) is 92.4 Å². The summed E-state index contributed by atoms with van der Waals surface area (Å²) in [5.41, 5.74) is 1.78. The SMILES string of the molecule is CC12CC3CC(C)(C1)CC(NC(=O)Nc1ccc(C(=O)N4CCC(NS(C)(=O)=O)CC4)cc1)(C3)C2. The van der Waals surface area contributed by atoms with Crippen LogP contribution in [0.5, 0.6) is 0 Å². The second-order valence-corrected chi connectivity index (χ2v) is 14.3. The van der Waals surface area contributed by atoms with E-state index >= 15 is 0 Å². The second kappa shape index (κ2) is 8.47. The van der Waals surface area contributed by atoms with Gasteiger partial charge >= 0.3 is 6.03 Å². The maximum atomic E-state index is 13.0. The lowest BCUT2D eigenvalue weighted by Gasteiger charge is -2.65. The van der Waals surface area contributed by atoms with Crippen LogP contribution in [0.25, 0.3) is 0 Å². The van der Waals surface area contributed by atoms with E-state index in [4.69, 9.17) is 0 Å². The lowest BCUT2D eigenvalue weighted by molar-refractivity contribution is -0.113. The third-order valence-electron chi connectivity index (χ3n) is 8.56. The summed E-state index contributed by atoms with van der Waals surface area (Å²) in [4.78, 5) is 27.6. The molecule has 1 aromatic rings. The first-order valence-corrected chi connectivity index (χ1v) is 14.7. The highest BCUT2D eigenvalue weighted by molar-refractivity contribution is 7.88. The molecule has 5 aliphatic rings. The highest BCUT2D eigenvalue weighted by Crippen LogP contribution is 2.66. The molecule has 4 saturated carbocycles. The maximum Gasteiger partial charge on any atom is 0.319 e. The lowest BCUT2D eigenvalue weighted by Crippen LogP contribution is -2.65. The van der Waals surface area contributed by atoms with Crippen LogP contribution in [-0.4, -0.2) is 56.2 Å². The molecule has 3 amide bonds. The minimum Gasteiger partial charge on any atom is -0.339 e. The van der Waals surface area contributed by atoms with Crippen LogP contribution in [0, 0.1) is 16.7 Å². The number of amides is 3. The largest absolute Gasteiger partial charge is 0.339 e. The number of nitrogens with zero attached hydrogens (tertiary/aromatic N) is 1. The van der Waals surface area contributed by atoms with Crippen molar-refractivity contribution in [2.45, 2.75) is 76.8 Å². The van der Waals surface area contributed by atoms with Crippen LogP contribution in [0.3, 0.4) is 0 Å². The van der Waals surface area contributed by atoms with Gasteiger partial charge in [-0.25, -0.2) is 17.9 Å². The van der Waals surface area contributed by atoms with Crippen LogP contribution < -0.4 is 15.4 Å². The number of hydrogen-bond acceptors (Lipinski definition) is 4. The Balaban J connectivity index is 1.16. The molecule has 35 heavy (non-hydrogen) atoms. The Labute approximate surface area is 208 Å². The fraction of sp³-hybridized carbons (Fsp3) is 0.692. The Morgan fingerprint density at radius 2 is 1.54 bits per heavy atom. The van der Waals surface area contributed by atoms with Crippen molar-refractivity contribution in [1.82, 2.24) is 14.9 Å². The Hall–Kier alpha value is -2.13. The third-order valence-corrected chi connectivity index (χ3v) is 9.32. The Kier molecular flexibility index (Phi) is 5.95. The molecule has 9 heteroatoms. The fourth-order valence-electron chi connectivity index (χ4n) is 8.37. The van der Waals surface area contributed by atoms with Gasteiger partial charge in [0.15, 0.2) is 0 Å². The van der Waals surface area contributed by atoms with Gasteiger partial charge in [-0.2, -0.15) is 0 Å². The van der Waals surface area contributed by atoms with Crippen molar-refractivity contribution in [3.8, 4) is 0 Å². The first-order valence-electron chi connectivity index (χ1n) is 12.8. The first kappa shape index (κ1) is 24.6. The van der Waals surface area contributed by atoms with Crippen molar-refractivity contribution < 1.29 is 18.0 Å². The van der Waals surface area contributed by atoms with E-state index in [0.717, 1.165) is 25.5 Å². The second-order valence-electron chi connectivity index (χ2n) is 12.5. The summed E-state index contributed by atoms with van der Waals surface area (Å²) >= 11 is 0. The molecule has 0 spiro atoms. The van der Waals surface area contributed by atoms with Gasteiger partial charge in [0, 0.05) is 35.9 Å². The van der Waals surface area contributed by atoms with Crippen LogP contribution in [0.1, 0.15) is 75.6 Å². The smallest absolute Gasteiger partial charge is 0.319 e. The number of urea groups is 1. The number of anilines is 1. The highest BCUT2D eigenvalue weighted by Gasteiger charge is 2.60. The van der Waals surface area contributed by atoms with Crippen molar-refractivity contribution in [3.05, 3.63) is 29.8 Å². The van der Waals surface area contributed by atoms with Crippen LogP contribution in [0.2, 0.25) is 0 Å². The number of likely N-dealkylation sites (tertiary alicyclic amines) is 1. The monoisotopic (exact) mass is 502 g/mol. The molecule has 1 heterocycles.